The van der Waals surface area contributed by atoms with Gasteiger partial charge in [-0.3, -0.25) is 9.69 Å². The number of benzene rings is 1. The SMILES string of the molecule is COC(=O)[C@@H]1Cc2c([nH]c3ccccc23)[C@@H]2C[C@@H](NCc3cccs3)C[C@@H](C3CCCCC3)N12. The number of methoxy groups -OCH3 is 1. The molecule has 6 rings (SSSR count). The monoisotopic (exact) mass is 477 g/mol. The molecule has 4 atom stereocenters. The predicted octanol–water partition coefficient (Wildman–Crippen LogP) is 5.57. The Morgan fingerprint density at radius 2 is 2.00 bits per heavy atom. The first-order chi connectivity index (χ1) is 16.7. The minimum Gasteiger partial charge on any atom is -0.468 e. The molecule has 3 aromatic rings. The molecule has 180 valence electrons. The van der Waals surface area contributed by atoms with Crippen LogP contribution in [0.5, 0.6) is 0 Å². The topological polar surface area (TPSA) is 57.4 Å². The number of hydrogen-bond donors (Lipinski definition) is 2. The van der Waals surface area contributed by atoms with Gasteiger partial charge in [0.05, 0.1) is 13.2 Å². The predicted molar refractivity (Wildman–Crippen MR) is 137 cm³/mol. The number of piperidine rings is 1. The second kappa shape index (κ2) is 9.48. The van der Waals surface area contributed by atoms with Crippen LogP contribution in [0.15, 0.2) is 41.8 Å². The zero-order valence-electron chi connectivity index (χ0n) is 20.0. The number of aromatic nitrogens is 1. The number of hydrogen-bond acceptors (Lipinski definition) is 5. The Labute approximate surface area is 205 Å². The summed E-state index contributed by atoms with van der Waals surface area (Å²) in [5, 5.41) is 7.32. The van der Waals surface area contributed by atoms with Crippen molar-refractivity contribution in [3.63, 3.8) is 0 Å². The summed E-state index contributed by atoms with van der Waals surface area (Å²) in [7, 11) is 1.55. The number of ether oxygens (including phenoxy) is 1. The van der Waals surface area contributed by atoms with Crippen molar-refractivity contribution in [2.45, 2.75) is 82.1 Å². The average molecular weight is 478 g/mol. The van der Waals surface area contributed by atoms with Crippen molar-refractivity contribution in [3.8, 4) is 0 Å². The molecule has 0 radical (unpaired) electrons. The first-order valence-corrected chi connectivity index (χ1v) is 13.8. The molecule has 2 fully saturated rings. The van der Waals surface area contributed by atoms with Gasteiger partial charge in [0.1, 0.15) is 6.04 Å². The van der Waals surface area contributed by atoms with E-state index in [-0.39, 0.29) is 18.1 Å². The van der Waals surface area contributed by atoms with Crippen LogP contribution in [0.1, 0.15) is 67.1 Å². The Balaban J connectivity index is 1.39. The molecular formula is C28H35N3O2S. The van der Waals surface area contributed by atoms with Crippen LogP contribution in [0.3, 0.4) is 0 Å². The summed E-state index contributed by atoms with van der Waals surface area (Å²) < 4.78 is 5.40. The molecule has 0 bridgehead atoms. The van der Waals surface area contributed by atoms with E-state index in [0.29, 0.717) is 18.0 Å². The maximum absolute atomic E-state index is 13.2. The quantitative estimate of drug-likeness (QED) is 0.472. The van der Waals surface area contributed by atoms with Crippen molar-refractivity contribution in [2.24, 2.45) is 5.92 Å². The van der Waals surface area contributed by atoms with Gasteiger partial charge < -0.3 is 15.0 Å². The van der Waals surface area contributed by atoms with E-state index in [1.807, 2.05) is 11.3 Å². The van der Waals surface area contributed by atoms with Crippen LogP contribution in [-0.2, 0) is 22.5 Å². The molecule has 2 N–H and O–H groups in total. The molecule has 5 nitrogen and oxygen atoms in total. The highest BCUT2D eigenvalue weighted by Crippen LogP contribution is 2.47. The highest BCUT2D eigenvalue weighted by Gasteiger charge is 2.49. The average Bonchev–Trinajstić information content (AvgIpc) is 3.54. The maximum Gasteiger partial charge on any atom is 0.323 e. The standard InChI is InChI=1S/C28H35N3O2S/c1-33-28(32)26-16-22-21-11-5-6-12-23(21)30-27(22)25-15-19(29-17-20-10-7-13-34-20)14-24(31(25)26)18-8-3-2-4-9-18/h5-7,10-13,18-19,24-26,29-30H,2-4,8-9,14-17H2,1H3/t19-,24-,25-,26-/m0/s1. The molecule has 4 heterocycles. The zero-order valence-corrected chi connectivity index (χ0v) is 20.8. The highest BCUT2D eigenvalue weighted by atomic mass is 32.1. The van der Waals surface area contributed by atoms with E-state index >= 15 is 0 Å². The molecule has 2 aromatic heterocycles. The molecule has 0 spiro atoms. The van der Waals surface area contributed by atoms with Gasteiger partial charge >= 0.3 is 5.97 Å². The van der Waals surface area contributed by atoms with Crippen molar-refractivity contribution in [1.82, 2.24) is 15.2 Å². The van der Waals surface area contributed by atoms with Gasteiger partial charge in [0.25, 0.3) is 0 Å². The number of nitrogens with one attached hydrogen (secondary N) is 2. The van der Waals surface area contributed by atoms with E-state index in [9.17, 15) is 4.79 Å². The molecule has 1 aliphatic carbocycles. The van der Waals surface area contributed by atoms with Crippen LogP contribution in [0.4, 0.5) is 0 Å². The summed E-state index contributed by atoms with van der Waals surface area (Å²) in [6.07, 6.45) is 9.38. The van der Waals surface area contributed by atoms with E-state index in [1.54, 1.807) is 7.11 Å². The van der Waals surface area contributed by atoms with Gasteiger partial charge in [0, 0.05) is 46.5 Å². The van der Waals surface area contributed by atoms with Crippen LogP contribution in [0, 0.1) is 5.92 Å². The lowest BCUT2D eigenvalue weighted by Crippen LogP contribution is -2.60. The molecule has 34 heavy (non-hydrogen) atoms. The van der Waals surface area contributed by atoms with Gasteiger partial charge in [-0.2, -0.15) is 0 Å². The molecule has 3 aliphatic rings. The second-order valence-corrected chi connectivity index (χ2v) is 11.4. The minimum absolute atomic E-state index is 0.0771. The van der Waals surface area contributed by atoms with Crippen LogP contribution in [-0.4, -0.2) is 41.1 Å². The second-order valence-electron chi connectivity index (χ2n) is 10.4. The van der Waals surface area contributed by atoms with Gasteiger partial charge in [0.15, 0.2) is 0 Å². The van der Waals surface area contributed by atoms with E-state index < -0.39 is 0 Å². The number of nitrogens with zero attached hydrogens (tertiary/aromatic N) is 1. The third-order valence-corrected chi connectivity index (χ3v) is 9.40. The molecule has 1 saturated heterocycles. The first-order valence-electron chi connectivity index (χ1n) is 12.9. The molecule has 0 amide bonds. The number of thiophene rings is 1. The molecular weight excluding hydrogens is 442 g/mol. The Kier molecular flexibility index (Phi) is 6.22. The summed E-state index contributed by atoms with van der Waals surface area (Å²) in [5.74, 6) is 0.576. The van der Waals surface area contributed by atoms with E-state index in [0.717, 1.165) is 25.8 Å². The number of esters is 1. The lowest BCUT2D eigenvalue weighted by molar-refractivity contribution is -0.153. The Hall–Kier alpha value is -2.15. The molecule has 0 unspecified atom stereocenters. The first kappa shape index (κ1) is 22.3. The van der Waals surface area contributed by atoms with Crippen LogP contribution in [0.2, 0.25) is 0 Å². The number of rotatable bonds is 5. The Bertz CT molecular complexity index is 1130. The Morgan fingerprint density at radius 1 is 1.15 bits per heavy atom. The van der Waals surface area contributed by atoms with Crippen molar-refractivity contribution in [2.75, 3.05) is 7.11 Å². The maximum atomic E-state index is 13.2. The van der Waals surface area contributed by atoms with Crippen molar-refractivity contribution in [3.05, 3.63) is 57.9 Å². The van der Waals surface area contributed by atoms with Gasteiger partial charge in [0.2, 0.25) is 0 Å². The number of carbonyl (C=O) groups excluding carboxylic acids is 1. The number of fused-ring (bicyclic) bond motifs is 5. The van der Waals surface area contributed by atoms with E-state index in [2.05, 4.69) is 57.0 Å². The number of carbonyl (C=O) groups is 1. The highest BCUT2D eigenvalue weighted by molar-refractivity contribution is 7.09. The van der Waals surface area contributed by atoms with Crippen LogP contribution in [0.25, 0.3) is 10.9 Å². The summed E-state index contributed by atoms with van der Waals surface area (Å²) in [6, 6.07) is 13.8. The number of para-hydroxylation sites is 1. The Morgan fingerprint density at radius 3 is 2.79 bits per heavy atom. The largest absolute Gasteiger partial charge is 0.468 e. The lowest BCUT2D eigenvalue weighted by Gasteiger charge is -2.53. The summed E-state index contributed by atoms with van der Waals surface area (Å²) in [6.45, 7) is 0.923. The fraction of sp³-hybridized carbons (Fsp3) is 0.536. The van der Waals surface area contributed by atoms with Crippen molar-refractivity contribution >= 4 is 28.2 Å². The van der Waals surface area contributed by atoms with Gasteiger partial charge in [-0.25, -0.2) is 0 Å². The normalized spacial score (nSPS) is 27.9. The van der Waals surface area contributed by atoms with Crippen molar-refractivity contribution in [1.29, 1.82) is 0 Å². The number of aromatic amines is 1. The third kappa shape index (κ3) is 4.00. The van der Waals surface area contributed by atoms with Gasteiger partial charge in [-0.05, 0) is 54.7 Å². The van der Waals surface area contributed by atoms with Crippen molar-refractivity contribution < 1.29 is 9.53 Å². The fourth-order valence-corrected chi connectivity index (χ4v) is 7.65. The molecule has 1 saturated carbocycles. The summed E-state index contributed by atoms with van der Waals surface area (Å²) >= 11 is 1.82. The molecule has 1 aromatic carbocycles. The lowest BCUT2D eigenvalue weighted by atomic mass is 9.74. The summed E-state index contributed by atoms with van der Waals surface area (Å²) in [4.78, 5) is 21.0. The molecule has 2 aliphatic heterocycles. The molecule has 6 heteroatoms. The van der Waals surface area contributed by atoms with Gasteiger partial charge in [-0.15, -0.1) is 11.3 Å². The van der Waals surface area contributed by atoms with E-state index in [1.165, 1.54) is 59.1 Å². The van der Waals surface area contributed by atoms with Crippen LogP contribution >= 0.6 is 11.3 Å². The third-order valence-electron chi connectivity index (χ3n) is 8.53. The number of H-pyrrole nitrogens is 1. The minimum atomic E-state index is -0.202. The van der Waals surface area contributed by atoms with E-state index in [4.69, 9.17) is 4.74 Å². The fourth-order valence-electron chi connectivity index (χ4n) is 6.99. The smallest absolute Gasteiger partial charge is 0.323 e. The van der Waals surface area contributed by atoms with Crippen LogP contribution < -0.4 is 5.32 Å². The zero-order chi connectivity index (χ0) is 23.1. The van der Waals surface area contributed by atoms with Gasteiger partial charge in [-0.1, -0.05) is 43.5 Å². The summed E-state index contributed by atoms with van der Waals surface area (Å²) in [5.41, 5.74) is 3.82.